The Morgan fingerprint density at radius 1 is 1.28 bits per heavy atom. The van der Waals surface area contributed by atoms with Crippen molar-refractivity contribution in [1.29, 1.82) is 0 Å². The summed E-state index contributed by atoms with van der Waals surface area (Å²) in [5.41, 5.74) is 1.44. The van der Waals surface area contributed by atoms with Crippen LogP contribution in [0.25, 0.3) is 0 Å². The number of ether oxygens (including phenoxy) is 1. The lowest BCUT2D eigenvalue weighted by molar-refractivity contribution is -0.241. The molecule has 4 aliphatic rings. The van der Waals surface area contributed by atoms with E-state index in [1.807, 2.05) is 6.08 Å². The summed E-state index contributed by atoms with van der Waals surface area (Å²) in [6.45, 7) is 6.34. The van der Waals surface area contributed by atoms with Crippen LogP contribution in [0.5, 0.6) is 0 Å². The Morgan fingerprint density at radius 3 is 2.68 bits per heavy atom. The van der Waals surface area contributed by atoms with Crippen LogP contribution >= 0.6 is 0 Å². The van der Waals surface area contributed by atoms with E-state index in [-0.39, 0.29) is 27.9 Å². The van der Waals surface area contributed by atoms with Crippen LogP contribution in [0.3, 0.4) is 0 Å². The number of aliphatic hydroxyl groups is 3. The maximum absolute atomic E-state index is 12.1. The monoisotopic (exact) mass is 348 g/mol. The first-order valence-corrected chi connectivity index (χ1v) is 9.34. The number of fused-ring (bicyclic) bond motifs is 4. The summed E-state index contributed by atoms with van der Waals surface area (Å²) >= 11 is 0. The van der Waals surface area contributed by atoms with Crippen molar-refractivity contribution in [2.24, 2.45) is 22.7 Å². The number of carbonyl (C=O) groups is 1. The van der Waals surface area contributed by atoms with E-state index in [1.165, 1.54) is 6.42 Å². The first kappa shape index (κ1) is 17.3. The average molecular weight is 348 g/mol. The first-order valence-electron chi connectivity index (χ1n) is 9.34. The molecule has 3 aliphatic carbocycles. The number of aliphatic hydroxyl groups excluding tert-OH is 2. The van der Waals surface area contributed by atoms with Gasteiger partial charge in [-0.05, 0) is 42.4 Å². The Kier molecular flexibility index (Phi) is 3.57. The Balaban J connectivity index is 1.84. The Morgan fingerprint density at radius 2 is 2.00 bits per heavy atom. The lowest BCUT2D eigenvalue weighted by Crippen LogP contribution is -2.60. The van der Waals surface area contributed by atoms with E-state index in [4.69, 9.17) is 4.74 Å². The SMILES string of the molecule is CC1(C)CCC[C@]2(C)[C@@H]1CCC1=CC3=C(CO)C(=O)O[C@]3(O)[C@H](O)[C@H]12. The highest BCUT2D eigenvalue weighted by Gasteiger charge is 2.63. The van der Waals surface area contributed by atoms with Crippen LogP contribution in [-0.2, 0) is 9.53 Å². The number of carbonyl (C=O) groups excluding carboxylic acids is 1. The van der Waals surface area contributed by atoms with E-state index in [0.717, 1.165) is 31.3 Å². The summed E-state index contributed by atoms with van der Waals surface area (Å²) in [5, 5.41) is 31.7. The van der Waals surface area contributed by atoms with Crippen LogP contribution in [-0.4, -0.2) is 39.8 Å². The zero-order chi connectivity index (χ0) is 18.2. The van der Waals surface area contributed by atoms with Crippen molar-refractivity contribution >= 4 is 5.97 Å². The molecule has 0 aromatic rings. The van der Waals surface area contributed by atoms with E-state index in [9.17, 15) is 20.1 Å². The lowest BCUT2D eigenvalue weighted by Gasteiger charge is -2.60. The van der Waals surface area contributed by atoms with Gasteiger partial charge in [0.1, 0.15) is 6.10 Å². The Labute approximate surface area is 148 Å². The van der Waals surface area contributed by atoms with Gasteiger partial charge in [0.2, 0.25) is 0 Å². The van der Waals surface area contributed by atoms with Gasteiger partial charge in [0, 0.05) is 11.5 Å². The van der Waals surface area contributed by atoms with Gasteiger partial charge in [-0.25, -0.2) is 4.79 Å². The molecule has 2 fully saturated rings. The van der Waals surface area contributed by atoms with Gasteiger partial charge in [-0.3, -0.25) is 0 Å². The molecule has 0 spiro atoms. The normalized spacial score (nSPS) is 45.3. The summed E-state index contributed by atoms with van der Waals surface area (Å²) in [6.07, 6.45) is 5.78. The zero-order valence-electron chi connectivity index (χ0n) is 15.2. The van der Waals surface area contributed by atoms with Crippen molar-refractivity contribution in [2.45, 2.75) is 64.8 Å². The second-order valence-electron chi connectivity index (χ2n) is 9.22. The minimum atomic E-state index is -2.03. The van der Waals surface area contributed by atoms with Gasteiger partial charge < -0.3 is 20.1 Å². The summed E-state index contributed by atoms with van der Waals surface area (Å²) in [6, 6.07) is 0. The summed E-state index contributed by atoms with van der Waals surface area (Å²) in [5.74, 6) is -2.55. The molecule has 5 atom stereocenters. The second kappa shape index (κ2) is 5.18. The van der Waals surface area contributed by atoms with Gasteiger partial charge in [0.25, 0.3) is 5.79 Å². The van der Waals surface area contributed by atoms with Crippen molar-refractivity contribution < 1.29 is 24.9 Å². The molecule has 138 valence electrons. The van der Waals surface area contributed by atoms with Crippen LogP contribution in [0.1, 0.15) is 52.9 Å². The summed E-state index contributed by atoms with van der Waals surface area (Å²) in [4.78, 5) is 12.1. The minimum absolute atomic E-state index is 0.0590. The fraction of sp³-hybridized carbons (Fsp3) is 0.750. The third kappa shape index (κ3) is 2.09. The van der Waals surface area contributed by atoms with Gasteiger partial charge in [-0.2, -0.15) is 0 Å². The second-order valence-corrected chi connectivity index (χ2v) is 9.22. The maximum atomic E-state index is 12.1. The van der Waals surface area contributed by atoms with Crippen molar-refractivity contribution in [2.75, 3.05) is 6.61 Å². The first-order chi connectivity index (χ1) is 11.6. The maximum Gasteiger partial charge on any atom is 0.339 e. The van der Waals surface area contributed by atoms with Crippen molar-refractivity contribution in [3.05, 3.63) is 22.8 Å². The van der Waals surface area contributed by atoms with Crippen molar-refractivity contribution in [3.8, 4) is 0 Å². The molecule has 0 radical (unpaired) electrons. The lowest BCUT2D eigenvalue weighted by atomic mass is 9.45. The van der Waals surface area contributed by atoms with E-state index in [0.29, 0.717) is 5.92 Å². The van der Waals surface area contributed by atoms with Crippen LogP contribution in [0.4, 0.5) is 0 Å². The summed E-state index contributed by atoms with van der Waals surface area (Å²) in [7, 11) is 0. The van der Waals surface area contributed by atoms with Gasteiger partial charge in [0.15, 0.2) is 0 Å². The highest BCUT2D eigenvalue weighted by atomic mass is 16.7. The van der Waals surface area contributed by atoms with Gasteiger partial charge in [-0.1, -0.05) is 38.8 Å². The molecule has 5 nitrogen and oxygen atoms in total. The Hall–Kier alpha value is -1.17. The number of rotatable bonds is 1. The van der Waals surface area contributed by atoms with Crippen LogP contribution in [0, 0.1) is 22.7 Å². The smallest absolute Gasteiger partial charge is 0.339 e. The largest absolute Gasteiger partial charge is 0.422 e. The summed E-state index contributed by atoms with van der Waals surface area (Å²) < 4.78 is 5.18. The van der Waals surface area contributed by atoms with Crippen LogP contribution < -0.4 is 0 Å². The standard InChI is InChI=1S/C20H28O5/c1-18(2)7-4-8-19(3)14(18)6-5-11-9-13-12(10-21)17(23)25-20(13,24)16(22)15(11)19/h9,14-16,21-22,24H,4-8,10H2,1-3H3/t14-,15+,16-,19-,20+/m1/s1. The number of esters is 1. The van der Waals surface area contributed by atoms with Crippen LogP contribution in [0.15, 0.2) is 22.8 Å². The van der Waals surface area contributed by atoms with E-state index < -0.39 is 24.5 Å². The molecule has 1 heterocycles. The predicted octanol–water partition coefficient (Wildman–Crippen LogP) is 2.06. The van der Waals surface area contributed by atoms with Gasteiger partial charge >= 0.3 is 5.97 Å². The molecule has 1 aliphatic heterocycles. The fourth-order valence-electron chi connectivity index (χ4n) is 6.43. The number of hydrogen-bond donors (Lipinski definition) is 3. The zero-order valence-corrected chi connectivity index (χ0v) is 15.2. The molecular weight excluding hydrogens is 320 g/mol. The molecule has 4 rings (SSSR count). The quantitative estimate of drug-likeness (QED) is 0.632. The third-order valence-corrected chi connectivity index (χ3v) is 7.52. The third-order valence-electron chi connectivity index (χ3n) is 7.52. The highest BCUT2D eigenvalue weighted by Crippen LogP contribution is 2.64. The van der Waals surface area contributed by atoms with Crippen LogP contribution in [0.2, 0.25) is 0 Å². The molecule has 0 unspecified atom stereocenters. The molecular formula is C20H28O5. The fourth-order valence-corrected chi connectivity index (χ4v) is 6.43. The molecule has 0 saturated heterocycles. The molecule has 5 heteroatoms. The average Bonchev–Trinajstić information content (AvgIpc) is 2.77. The molecule has 0 aromatic carbocycles. The van der Waals surface area contributed by atoms with Gasteiger partial charge in [0.05, 0.1) is 12.2 Å². The molecule has 0 aromatic heterocycles. The van der Waals surface area contributed by atoms with Crippen molar-refractivity contribution in [3.63, 3.8) is 0 Å². The molecule has 25 heavy (non-hydrogen) atoms. The Bertz CT molecular complexity index is 690. The molecule has 3 N–H and O–H groups in total. The minimum Gasteiger partial charge on any atom is -0.422 e. The molecule has 0 bridgehead atoms. The van der Waals surface area contributed by atoms with Crippen molar-refractivity contribution in [1.82, 2.24) is 0 Å². The highest BCUT2D eigenvalue weighted by molar-refractivity contribution is 5.94. The van der Waals surface area contributed by atoms with E-state index in [2.05, 4.69) is 20.8 Å². The molecule has 0 amide bonds. The van der Waals surface area contributed by atoms with Gasteiger partial charge in [-0.15, -0.1) is 0 Å². The van der Waals surface area contributed by atoms with E-state index >= 15 is 0 Å². The number of hydrogen-bond acceptors (Lipinski definition) is 5. The van der Waals surface area contributed by atoms with E-state index in [1.54, 1.807) is 0 Å². The molecule has 2 saturated carbocycles. The predicted molar refractivity (Wildman–Crippen MR) is 91.2 cm³/mol. The topological polar surface area (TPSA) is 87.0 Å².